The second-order valence-corrected chi connectivity index (χ2v) is 4.03. The largest absolute Gasteiger partial charge is 0.354 e. The van der Waals surface area contributed by atoms with E-state index in [2.05, 4.69) is 5.32 Å². The monoisotopic (exact) mass is 226 g/mol. The van der Waals surface area contributed by atoms with E-state index in [-0.39, 0.29) is 17.9 Å². The first kappa shape index (κ1) is 10.9. The summed E-state index contributed by atoms with van der Waals surface area (Å²) in [6.07, 6.45) is 1.50. The maximum absolute atomic E-state index is 11.7. The van der Waals surface area contributed by atoms with Crippen LogP contribution >= 0.6 is 0 Å². The quantitative estimate of drug-likeness (QED) is 0.187. The molecule has 0 aromatic heterocycles. The molecule has 4 N–H and O–H groups in total. The molecule has 0 aromatic carbocycles. The molecular formula is C9H14N4O3. The summed E-state index contributed by atoms with van der Waals surface area (Å²) in [6, 6.07) is -0.203. The van der Waals surface area contributed by atoms with Crippen LogP contribution in [0.25, 0.3) is 0 Å². The minimum Gasteiger partial charge on any atom is -0.354 e. The van der Waals surface area contributed by atoms with Crippen LogP contribution in [0.2, 0.25) is 0 Å². The minimum atomic E-state index is -0.833. The first-order valence-corrected chi connectivity index (χ1v) is 5.24. The number of nitrogens with zero attached hydrogens (tertiary/aromatic N) is 1. The van der Waals surface area contributed by atoms with Crippen LogP contribution < -0.4 is 16.6 Å². The van der Waals surface area contributed by atoms with Crippen LogP contribution in [0.4, 0.5) is 0 Å². The molecule has 0 aromatic rings. The molecule has 0 radical (unpaired) electrons. The Morgan fingerprint density at radius 3 is 2.94 bits per heavy atom. The number of piperidine rings is 1. The van der Waals surface area contributed by atoms with Crippen molar-refractivity contribution in [3.05, 3.63) is 0 Å². The van der Waals surface area contributed by atoms with Gasteiger partial charge in [0.1, 0.15) is 0 Å². The Hall–Kier alpha value is -1.63. The molecule has 2 heterocycles. The van der Waals surface area contributed by atoms with E-state index in [1.807, 2.05) is 5.43 Å². The van der Waals surface area contributed by atoms with Crippen LogP contribution in [0.15, 0.2) is 0 Å². The van der Waals surface area contributed by atoms with Crippen LogP contribution in [-0.2, 0) is 14.4 Å². The highest BCUT2D eigenvalue weighted by Gasteiger charge is 2.43. The first-order valence-electron chi connectivity index (χ1n) is 5.24. The molecule has 88 valence electrons. The summed E-state index contributed by atoms with van der Waals surface area (Å²) >= 11 is 0. The second-order valence-electron chi connectivity index (χ2n) is 4.03. The number of carbonyl (C=O) groups is 3. The van der Waals surface area contributed by atoms with Gasteiger partial charge in [0.2, 0.25) is 5.91 Å². The van der Waals surface area contributed by atoms with Gasteiger partial charge >= 0.3 is 11.8 Å². The van der Waals surface area contributed by atoms with E-state index in [4.69, 9.17) is 5.84 Å². The molecule has 0 spiro atoms. The highest BCUT2D eigenvalue weighted by Crippen LogP contribution is 2.27. The molecule has 2 unspecified atom stereocenters. The van der Waals surface area contributed by atoms with E-state index in [1.165, 1.54) is 4.90 Å². The maximum atomic E-state index is 11.7. The molecule has 2 fully saturated rings. The number of hydrazine groups is 1. The fourth-order valence-corrected chi connectivity index (χ4v) is 2.40. The van der Waals surface area contributed by atoms with Crippen LogP contribution in [0, 0.1) is 5.92 Å². The topological polar surface area (TPSA) is 105 Å². The van der Waals surface area contributed by atoms with Crippen molar-refractivity contribution in [1.29, 1.82) is 0 Å². The van der Waals surface area contributed by atoms with Crippen molar-refractivity contribution < 1.29 is 14.4 Å². The van der Waals surface area contributed by atoms with E-state index in [0.29, 0.717) is 13.1 Å². The molecule has 0 saturated carbocycles. The van der Waals surface area contributed by atoms with Gasteiger partial charge in [0.05, 0.1) is 12.0 Å². The molecular weight excluding hydrogens is 212 g/mol. The summed E-state index contributed by atoms with van der Waals surface area (Å²) < 4.78 is 0. The second kappa shape index (κ2) is 4.09. The van der Waals surface area contributed by atoms with Crippen molar-refractivity contribution in [3.8, 4) is 0 Å². The number of hydrogen-bond donors (Lipinski definition) is 3. The van der Waals surface area contributed by atoms with Crippen molar-refractivity contribution in [2.24, 2.45) is 11.8 Å². The van der Waals surface area contributed by atoms with Crippen molar-refractivity contribution in [2.45, 2.75) is 18.9 Å². The predicted octanol–water partition coefficient (Wildman–Crippen LogP) is -2.29. The number of nitrogens with one attached hydrogen (secondary N) is 2. The lowest BCUT2D eigenvalue weighted by Crippen LogP contribution is -2.54. The van der Waals surface area contributed by atoms with E-state index in [0.717, 1.165) is 12.8 Å². The number of carbonyl (C=O) groups excluding carboxylic acids is 3. The molecule has 16 heavy (non-hydrogen) atoms. The van der Waals surface area contributed by atoms with Crippen LogP contribution in [-0.4, -0.2) is 41.8 Å². The molecule has 2 atom stereocenters. The standard InChI is InChI=1S/C9H14N4O3/c10-12-8(15)9(16)13-3-1-2-5-6(13)4-11-7(5)14/h5-6H,1-4,10H2,(H,11,14)(H,12,15). The summed E-state index contributed by atoms with van der Waals surface area (Å²) in [4.78, 5) is 35.7. The number of nitrogens with two attached hydrogens (primary N) is 1. The van der Waals surface area contributed by atoms with Gasteiger partial charge in [-0.25, -0.2) is 5.84 Å². The van der Waals surface area contributed by atoms with Crippen LogP contribution in [0.5, 0.6) is 0 Å². The third-order valence-corrected chi connectivity index (χ3v) is 3.19. The van der Waals surface area contributed by atoms with Gasteiger partial charge in [0.15, 0.2) is 0 Å². The Balaban J connectivity index is 2.13. The molecule has 0 aliphatic carbocycles. The van der Waals surface area contributed by atoms with E-state index < -0.39 is 11.8 Å². The van der Waals surface area contributed by atoms with Gasteiger partial charge < -0.3 is 10.2 Å². The molecule has 2 aliphatic heterocycles. The third kappa shape index (κ3) is 1.63. The smallest absolute Gasteiger partial charge is 0.323 e. The summed E-state index contributed by atoms with van der Waals surface area (Å²) in [5, 5.41) is 2.71. The Kier molecular flexibility index (Phi) is 2.78. The number of hydrogen-bond acceptors (Lipinski definition) is 4. The van der Waals surface area contributed by atoms with Gasteiger partial charge in [-0.2, -0.15) is 0 Å². The lowest BCUT2D eigenvalue weighted by atomic mass is 9.91. The first-order chi connectivity index (χ1) is 7.65. The number of likely N-dealkylation sites (tertiary alicyclic amines) is 1. The zero-order valence-corrected chi connectivity index (χ0v) is 8.73. The Morgan fingerprint density at radius 2 is 2.25 bits per heavy atom. The molecule has 2 saturated heterocycles. The minimum absolute atomic E-state index is 0.0318. The highest BCUT2D eigenvalue weighted by molar-refractivity contribution is 6.35. The van der Waals surface area contributed by atoms with E-state index >= 15 is 0 Å². The number of fused-ring (bicyclic) bond motifs is 1. The molecule has 7 heteroatoms. The van der Waals surface area contributed by atoms with Gasteiger partial charge in [-0.3, -0.25) is 19.8 Å². The predicted molar refractivity (Wildman–Crippen MR) is 53.6 cm³/mol. The Labute approximate surface area is 92.3 Å². The molecule has 0 bridgehead atoms. The summed E-state index contributed by atoms with van der Waals surface area (Å²) in [5.41, 5.74) is 1.82. The van der Waals surface area contributed by atoms with Crippen LogP contribution in [0.1, 0.15) is 12.8 Å². The summed E-state index contributed by atoms with van der Waals surface area (Å²) in [7, 11) is 0. The van der Waals surface area contributed by atoms with Crippen molar-refractivity contribution in [3.63, 3.8) is 0 Å². The fraction of sp³-hybridized carbons (Fsp3) is 0.667. The van der Waals surface area contributed by atoms with Crippen molar-refractivity contribution in [2.75, 3.05) is 13.1 Å². The van der Waals surface area contributed by atoms with E-state index in [9.17, 15) is 14.4 Å². The van der Waals surface area contributed by atoms with E-state index in [1.54, 1.807) is 0 Å². The zero-order chi connectivity index (χ0) is 11.7. The molecule has 3 amide bonds. The number of rotatable bonds is 0. The van der Waals surface area contributed by atoms with Crippen molar-refractivity contribution in [1.82, 2.24) is 15.6 Å². The van der Waals surface area contributed by atoms with Crippen molar-refractivity contribution >= 4 is 17.7 Å². The van der Waals surface area contributed by atoms with Gasteiger partial charge in [0, 0.05) is 13.1 Å². The van der Waals surface area contributed by atoms with Gasteiger partial charge in [-0.05, 0) is 12.8 Å². The molecule has 2 rings (SSSR count). The average molecular weight is 226 g/mol. The van der Waals surface area contributed by atoms with Gasteiger partial charge in [-0.15, -0.1) is 0 Å². The number of amides is 3. The normalized spacial score (nSPS) is 28.3. The molecule has 2 aliphatic rings. The molecule has 7 nitrogen and oxygen atoms in total. The van der Waals surface area contributed by atoms with Gasteiger partial charge in [-0.1, -0.05) is 0 Å². The zero-order valence-electron chi connectivity index (χ0n) is 8.73. The summed E-state index contributed by atoms with van der Waals surface area (Å²) in [6.45, 7) is 0.926. The average Bonchev–Trinajstić information content (AvgIpc) is 2.69. The lowest BCUT2D eigenvalue weighted by molar-refractivity contribution is -0.149. The summed E-state index contributed by atoms with van der Waals surface area (Å²) in [5.74, 6) is 3.21. The Morgan fingerprint density at radius 1 is 1.50 bits per heavy atom. The Bertz CT molecular complexity index is 344. The maximum Gasteiger partial charge on any atom is 0.323 e. The lowest BCUT2D eigenvalue weighted by Gasteiger charge is -2.35. The SMILES string of the molecule is NNC(=O)C(=O)N1CCCC2C(=O)NCC21. The fourth-order valence-electron chi connectivity index (χ4n) is 2.40. The highest BCUT2D eigenvalue weighted by atomic mass is 16.2. The third-order valence-electron chi connectivity index (χ3n) is 3.19. The van der Waals surface area contributed by atoms with Gasteiger partial charge in [0.25, 0.3) is 0 Å². The van der Waals surface area contributed by atoms with Crippen LogP contribution in [0.3, 0.4) is 0 Å².